The summed E-state index contributed by atoms with van der Waals surface area (Å²) in [5.74, 6) is 0.567. The van der Waals surface area contributed by atoms with Crippen LogP contribution in [0, 0.1) is 0 Å². The fourth-order valence-corrected chi connectivity index (χ4v) is 2.82. The Morgan fingerprint density at radius 1 is 1.11 bits per heavy atom. The molecule has 0 aliphatic rings. The number of halogens is 2. The van der Waals surface area contributed by atoms with Crippen LogP contribution in [0.25, 0.3) is 0 Å². The molecule has 0 saturated heterocycles. The quantitative estimate of drug-likeness (QED) is 0.667. The highest BCUT2D eigenvalue weighted by molar-refractivity contribution is 9.09. The summed E-state index contributed by atoms with van der Waals surface area (Å²) in [4.78, 5) is 4.28. The van der Waals surface area contributed by atoms with E-state index in [9.17, 15) is 0 Å². The van der Waals surface area contributed by atoms with Gasteiger partial charge in [0, 0.05) is 17.2 Å². The molecule has 0 amide bonds. The highest BCUT2D eigenvalue weighted by atomic mass is 79.9. The van der Waals surface area contributed by atoms with Gasteiger partial charge in [-0.2, -0.15) is 0 Å². The van der Waals surface area contributed by atoms with Crippen molar-refractivity contribution >= 4 is 27.5 Å². The van der Waals surface area contributed by atoms with E-state index in [0.717, 1.165) is 17.0 Å². The molecule has 0 saturated carbocycles. The number of pyridine rings is 1. The predicted octanol–water partition coefficient (Wildman–Crippen LogP) is 5.54. The Kier molecular flexibility index (Phi) is 5.00. The molecule has 1 heterocycles. The molecule has 0 aliphatic carbocycles. The lowest BCUT2D eigenvalue weighted by atomic mass is 9.99. The minimum absolute atomic E-state index is 0.272. The van der Waals surface area contributed by atoms with Gasteiger partial charge in [0.2, 0.25) is 0 Å². The van der Waals surface area contributed by atoms with E-state index in [1.165, 1.54) is 11.1 Å². The maximum atomic E-state index is 6.14. The van der Waals surface area contributed by atoms with Gasteiger partial charge in [0.15, 0.2) is 0 Å². The second-order valence-electron chi connectivity index (χ2n) is 4.96. The molecule has 0 fully saturated rings. The minimum atomic E-state index is 0.272. The Morgan fingerprint density at radius 2 is 1.74 bits per heavy atom. The summed E-state index contributed by atoms with van der Waals surface area (Å²) in [7, 11) is 0. The molecule has 2 rings (SSSR count). The van der Waals surface area contributed by atoms with Gasteiger partial charge < -0.3 is 0 Å². The monoisotopic (exact) mass is 337 g/mol. The fraction of sp³-hybridized carbons (Fsp3) is 0.312. The number of rotatable bonds is 4. The lowest BCUT2D eigenvalue weighted by Gasteiger charge is -2.13. The van der Waals surface area contributed by atoms with E-state index in [1.807, 2.05) is 6.07 Å². The molecule has 0 spiro atoms. The van der Waals surface area contributed by atoms with Crippen molar-refractivity contribution in [2.45, 2.75) is 31.0 Å². The molecule has 1 atom stereocenters. The highest BCUT2D eigenvalue weighted by Gasteiger charge is 2.11. The van der Waals surface area contributed by atoms with Crippen LogP contribution in [0.5, 0.6) is 0 Å². The van der Waals surface area contributed by atoms with Gasteiger partial charge in [0.05, 0.1) is 5.02 Å². The van der Waals surface area contributed by atoms with Gasteiger partial charge >= 0.3 is 0 Å². The van der Waals surface area contributed by atoms with Gasteiger partial charge in [-0.15, -0.1) is 0 Å². The summed E-state index contributed by atoms with van der Waals surface area (Å²) in [6.07, 6.45) is 4.34. The van der Waals surface area contributed by atoms with Crippen LogP contribution in [0.3, 0.4) is 0 Å². The first kappa shape index (κ1) is 14.5. The zero-order valence-electron chi connectivity index (χ0n) is 11.1. The van der Waals surface area contributed by atoms with Gasteiger partial charge in [0.1, 0.15) is 0 Å². The molecule has 0 radical (unpaired) electrons. The number of aromatic nitrogens is 1. The van der Waals surface area contributed by atoms with Crippen LogP contribution in [0.2, 0.25) is 5.02 Å². The fourth-order valence-electron chi connectivity index (χ4n) is 1.97. The van der Waals surface area contributed by atoms with Crippen molar-refractivity contribution in [2.24, 2.45) is 0 Å². The predicted molar refractivity (Wildman–Crippen MR) is 85.2 cm³/mol. The van der Waals surface area contributed by atoms with E-state index in [0.29, 0.717) is 5.92 Å². The Bertz CT molecular complexity index is 537. The second kappa shape index (κ2) is 6.53. The Hall–Kier alpha value is -0.860. The van der Waals surface area contributed by atoms with Crippen LogP contribution >= 0.6 is 27.5 Å². The molecule has 100 valence electrons. The average Bonchev–Trinajstić information content (AvgIpc) is 2.41. The van der Waals surface area contributed by atoms with E-state index in [1.54, 1.807) is 12.4 Å². The van der Waals surface area contributed by atoms with Crippen LogP contribution in [-0.4, -0.2) is 4.98 Å². The Labute approximate surface area is 128 Å². The molecule has 2 aromatic rings. The summed E-state index contributed by atoms with van der Waals surface area (Å²) in [5.41, 5.74) is 3.76. The smallest absolute Gasteiger partial charge is 0.0621 e. The molecule has 0 aliphatic heterocycles. The SMILES string of the molecule is CC(C)c1ccc(C(Br)Cc2ccncc2Cl)cc1. The third-order valence-corrected chi connectivity index (χ3v) is 4.41. The first-order valence-corrected chi connectivity index (χ1v) is 7.69. The molecular weight excluding hydrogens is 322 g/mol. The van der Waals surface area contributed by atoms with Gasteiger partial charge in [0.25, 0.3) is 0 Å². The number of nitrogens with zero attached hydrogens (tertiary/aromatic N) is 1. The van der Waals surface area contributed by atoms with Crippen LogP contribution < -0.4 is 0 Å². The Balaban J connectivity index is 2.12. The summed E-state index contributed by atoms with van der Waals surface area (Å²) < 4.78 is 0. The molecular formula is C16H17BrClN. The molecule has 1 aromatic heterocycles. The van der Waals surface area contributed by atoms with Crippen molar-refractivity contribution in [1.29, 1.82) is 0 Å². The van der Waals surface area contributed by atoms with Crippen LogP contribution in [0.1, 0.15) is 41.3 Å². The molecule has 19 heavy (non-hydrogen) atoms. The average molecular weight is 339 g/mol. The number of alkyl halides is 1. The number of hydrogen-bond donors (Lipinski definition) is 0. The number of benzene rings is 1. The zero-order valence-corrected chi connectivity index (χ0v) is 13.4. The highest BCUT2D eigenvalue weighted by Crippen LogP contribution is 2.30. The van der Waals surface area contributed by atoms with Gasteiger partial charge in [-0.05, 0) is 35.1 Å². The van der Waals surface area contributed by atoms with E-state index >= 15 is 0 Å². The van der Waals surface area contributed by atoms with Gasteiger partial charge in [-0.25, -0.2) is 0 Å². The summed E-state index contributed by atoms with van der Waals surface area (Å²) in [6, 6.07) is 10.7. The standard InChI is InChI=1S/C16H17BrClN/c1-11(2)12-3-5-13(6-4-12)15(17)9-14-7-8-19-10-16(14)18/h3-8,10-11,15H,9H2,1-2H3. The first-order valence-electron chi connectivity index (χ1n) is 6.40. The normalized spacial score (nSPS) is 12.7. The molecule has 0 N–H and O–H groups in total. The van der Waals surface area contributed by atoms with Crippen molar-refractivity contribution < 1.29 is 0 Å². The topological polar surface area (TPSA) is 12.9 Å². The maximum Gasteiger partial charge on any atom is 0.0621 e. The second-order valence-corrected chi connectivity index (χ2v) is 6.47. The van der Waals surface area contributed by atoms with Crippen molar-refractivity contribution in [3.63, 3.8) is 0 Å². The van der Waals surface area contributed by atoms with Gasteiger partial charge in [-0.3, -0.25) is 4.98 Å². The van der Waals surface area contributed by atoms with Crippen molar-refractivity contribution in [2.75, 3.05) is 0 Å². The molecule has 0 bridgehead atoms. The molecule has 3 heteroatoms. The molecule has 1 unspecified atom stereocenters. The third-order valence-electron chi connectivity index (χ3n) is 3.22. The largest absolute Gasteiger partial charge is 0.263 e. The molecule has 1 aromatic carbocycles. The van der Waals surface area contributed by atoms with E-state index < -0.39 is 0 Å². The summed E-state index contributed by atoms with van der Waals surface area (Å²) in [5, 5.41) is 0.728. The number of hydrogen-bond acceptors (Lipinski definition) is 1. The molecule has 1 nitrogen and oxygen atoms in total. The van der Waals surface area contributed by atoms with Crippen molar-refractivity contribution in [1.82, 2.24) is 4.98 Å². The minimum Gasteiger partial charge on any atom is -0.263 e. The van der Waals surface area contributed by atoms with Crippen molar-refractivity contribution in [3.05, 3.63) is 64.4 Å². The summed E-state index contributed by atoms with van der Waals surface area (Å²) >= 11 is 9.88. The van der Waals surface area contributed by atoms with E-state index in [-0.39, 0.29) is 4.83 Å². The van der Waals surface area contributed by atoms with Crippen LogP contribution in [-0.2, 0) is 6.42 Å². The third kappa shape index (κ3) is 3.80. The van der Waals surface area contributed by atoms with Gasteiger partial charge in [-0.1, -0.05) is 65.6 Å². The van der Waals surface area contributed by atoms with Crippen LogP contribution in [0.4, 0.5) is 0 Å². The Morgan fingerprint density at radius 3 is 2.32 bits per heavy atom. The van der Waals surface area contributed by atoms with E-state index in [2.05, 4.69) is 59.0 Å². The lowest BCUT2D eigenvalue weighted by molar-refractivity contribution is 0.862. The maximum absolute atomic E-state index is 6.14. The lowest BCUT2D eigenvalue weighted by Crippen LogP contribution is -1.97. The van der Waals surface area contributed by atoms with E-state index in [4.69, 9.17) is 11.6 Å². The van der Waals surface area contributed by atoms with Crippen molar-refractivity contribution in [3.8, 4) is 0 Å². The first-order chi connectivity index (χ1) is 9.08. The van der Waals surface area contributed by atoms with Crippen LogP contribution in [0.15, 0.2) is 42.7 Å². The summed E-state index contributed by atoms with van der Waals surface area (Å²) in [6.45, 7) is 4.41. The zero-order chi connectivity index (χ0) is 13.8.